The second kappa shape index (κ2) is 15.3. The molecule has 1 aliphatic rings. The summed E-state index contributed by atoms with van der Waals surface area (Å²) in [5, 5.41) is 20.1. The van der Waals surface area contributed by atoms with Gasteiger partial charge in [0, 0.05) is 51.5 Å². The minimum atomic E-state index is -1.02. The fraction of sp³-hybridized carbons (Fsp3) is 0.643. The molecule has 2 aromatic heterocycles. The van der Waals surface area contributed by atoms with Crippen LogP contribution in [0.25, 0.3) is 0 Å². The Bertz CT molecular complexity index is 1070. The minimum absolute atomic E-state index is 0.311. The van der Waals surface area contributed by atoms with Crippen LogP contribution in [0.15, 0.2) is 18.2 Å². The van der Waals surface area contributed by atoms with Crippen LogP contribution >= 0.6 is 0 Å². The van der Waals surface area contributed by atoms with E-state index in [2.05, 4.69) is 32.8 Å². The van der Waals surface area contributed by atoms with Crippen LogP contribution in [0.2, 0.25) is 0 Å². The molecule has 11 nitrogen and oxygen atoms in total. The molecule has 2 amide bonds. The molecule has 3 N–H and O–H groups in total. The number of aliphatic carboxylic acids is 1. The van der Waals surface area contributed by atoms with Crippen molar-refractivity contribution >= 4 is 17.8 Å². The summed E-state index contributed by atoms with van der Waals surface area (Å²) in [6.07, 6.45) is 5.36. The molecule has 1 aliphatic heterocycles. The predicted molar refractivity (Wildman–Crippen MR) is 151 cm³/mol. The molecule has 216 valence electrons. The number of rotatable bonds is 16. The third kappa shape index (κ3) is 9.42. The number of hydrogen-bond donors (Lipinski definition) is 3. The molecule has 0 fully saturated rings. The van der Waals surface area contributed by atoms with Crippen molar-refractivity contribution < 1.29 is 19.4 Å². The first kappa shape index (κ1) is 30.2. The number of ether oxygens (including phenoxy) is 1. The number of aromatic nitrogens is 3. The maximum atomic E-state index is 12.5. The van der Waals surface area contributed by atoms with Crippen LogP contribution in [0.1, 0.15) is 56.5 Å². The number of unbranched alkanes of at least 4 members (excludes halogenated alkanes) is 1. The Morgan fingerprint density at radius 2 is 2.00 bits per heavy atom. The number of nitrogens with zero attached hydrogens (tertiary/aromatic N) is 5. The predicted octanol–water partition coefficient (Wildman–Crippen LogP) is 3.08. The number of carboxylic acid groups (broad SMARTS) is 1. The summed E-state index contributed by atoms with van der Waals surface area (Å²) in [7, 11) is 1.85. The van der Waals surface area contributed by atoms with Gasteiger partial charge in [0.25, 0.3) is 0 Å². The summed E-state index contributed by atoms with van der Waals surface area (Å²) < 4.78 is 7.66. The summed E-state index contributed by atoms with van der Waals surface area (Å²) in [5.74, 6) is 0.702. The van der Waals surface area contributed by atoms with E-state index in [1.54, 1.807) is 9.58 Å². The summed E-state index contributed by atoms with van der Waals surface area (Å²) in [5.41, 5.74) is 3.28. The van der Waals surface area contributed by atoms with Gasteiger partial charge in [-0.3, -0.25) is 4.90 Å². The third-order valence-corrected chi connectivity index (χ3v) is 7.11. The van der Waals surface area contributed by atoms with Crippen molar-refractivity contribution in [3.05, 3.63) is 35.2 Å². The highest BCUT2D eigenvalue weighted by molar-refractivity contribution is 5.82. The van der Waals surface area contributed by atoms with Crippen molar-refractivity contribution in [2.24, 2.45) is 7.05 Å². The van der Waals surface area contributed by atoms with Crippen LogP contribution in [0.5, 0.6) is 5.88 Å². The van der Waals surface area contributed by atoms with Crippen LogP contribution in [-0.4, -0.2) is 93.6 Å². The van der Waals surface area contributed by atoms with E-state index in [1.165, 1.54) is 5.56 Å². The summed E-state index contributed by atoms with van der Waals surface area (Å²) in [6.45, 7) is 10.1. The molecule has 0 saturated carbocycles. The van der Waals surface area contributed by atoms with Crippen LogP contribution in [-0.2, 0) is 24.7 Å². The van der Waals surface area contributed by atoms with Gasteiger partial charge < -0.3 is 25.4 Å². The van der Waals surface area contributed by atoms with Gasteiger partial charge in [0.1, 0.15) is 18.5 Å². The molecule has 0 saturated heterocycles. The zero-order valence-corrected chi connectivity index (χ0v) is 23.9. The van der Waals surface area contributed by atoms with Crippen molar-refractivity contribution in [3.63, 3.8) is 0 Å². The number of hydrogen-bond acceptors (Lipinski definition) is 7. The fourth-order valence-corrected chi connectivity index (χ4v) is 4.81. The first-order valence-corrected chi connectivity index (χ1v) is 14.2. The van der Waals surface area contributed by atoms with E-state index in [0.717, 1.165) is 62.4 Å². The van der Waals surface area contributed by atoms with Crippen LogP contribution in [0, 0.1) is 6.92 Å². The molecule has 11 heteroatoms. The highest BCUT2D eigenvalue weighted by Gasteiger charge is 2.23. The number of carboxylic acids is 1. The lowest BCUT2D eigenvalue weighted by molar-refractivity contribution is -0.139. The molecule has 3 rings (SSSR count). The Kier molecular flexibility index (Phi) is 11.9. The third-order valence-electron chi connectivity index (χ3n) is 7.11. The van der Waals surface area contributed by atoms with Gasteiger partial charge in [-0.15, -0.1) is 0 Å². The van der Waals surface area contributed by atoms with E-state index in [-0.39, 0.29) is 6.03 Å². The van der Waals surface area contributed by atoms with Crippen LogP contribution in [0.3, 0.4) is 0 Å². The largest absolute Gasteiger partial charge is 0.480 e. The lowest BCUT2D eigenvalue weighted by Crippen LogP contribution is -2.49. The second-order valence-corrected chi connectivity index (χ2v) is 10.0. The molecular weight excluding hydrogens is 498 g/mol. The highest BCUT2D eigenvalue weighted by atomic mass is 16.5. The fourth-order valence-electron chi connectivity index (χ4n) is 4.81. The van der Waals surface area contributed by atoms with Gasteiger partial charge in [0.05, 0.1) is 5.69 Å². The second-order valence-electron chi connectivity index (χ2n) is 10.0. The Hall–Kier alpha value is -3.34. The normalized spacial score (nSPS) is 13.5. The van der Waals surface area contributed by atoms with Crippen molar-refractivity contribution in [1.82, 2.24) is 29.9 Å². The molecular formula is C28H45N7O4. The molecule has 39 heavy (non-hydrogen) atoms. The number of anilines is 1. The number of carbonyl (C=O) groups is 2. The van der Waals surface area contributed by atoms with E-state index in [0.29, 0.717) is 45.1 Å². The van der Waals surface area contributed by atoms with Crippen molar-refractivity contribution in [2.45, 2.75) is 65.3 Å². The van der Waals surface area contributed by atoms with Crippen LogP contribution < -0.4 is 15.4 Å². The molecule has 1 atom stereocenters. The van der Waals surface area contributed by atoms with Gasteiger partial charge >= 0.3 is 12.0 Å². The van der Waals surface area contributed by atoms with Crippen molar-refractivity contribution in [3.8, 4) is 5.88 Å². The molecule has 0 spiro atoms. The van der Waals surface area contributed by atoms with Crippen LogP contribution in [0.4, 0.5) is 10.6 Å². The summed E-state index contributed by atoms with van der Waals surface area (Å²) in [4.78, 5) is 33.0. The van der Waals surface area contributed by atoms with Gasteiger partial charge in [-0.05, 0) is 77.5 Å². The number of fused-ring (bicyclic) bond motifs is 1. The average molecular weight is 544 g/mol. The van der Waals surface area contributed by atoms with Crippen molar-refractivity contribution in [1.29, 1.82) is 0 Å². The Morgan fingerprint density at radius 1 is 1.21 bits per heavy atom. The SMILES string of the molecule is CCN(CC)C(=O)N[C@@H](CCN(CCCCc1ccc2c(n1)NCCC2)CCOc1cc(C)nn1C)C(=O)O. The van der Waals surface area contributed by atoms with Gasteiger partial charge in [-0.2, -0.15) is 5.10 Å². The lowest BCUT2D eigenvalue weighted by Gasteiger charge is -2.26. The van der Waals surface area contributed by atoms with E-state index in [9.17, 15) is 14.7 Å². The van der Waals surface area contributed by atoms with E-state index in [1.807, 2.05) is 33.9 Å². The zero-order chi connectivity index (χ0) is 28.2. The van der Waals surface area contributed by atoms with Gasteiger partial charge in [-0.25, -0.2) is 19.3 Å². The Balaban J connectivity index is 1.54. The van der Waals surface area contributed by atoms with Gasteiger partial charge in [-0.1, -0.05) is 6.07 Å². The molecule has 0 radical (unpaired) electrons. The van der Waals surface area contributed by atoms with E-state index >= 15 is 0 Å². The Labute approximate surface area is 231 Å². The molecule has 3 heterocycles. The zero-order valence-electron chi connectivity index (χ0n) is 23.9. The average Bonchev–Trinajstić information content (AvgIpc) is 3.25. The van der Waals surface area contributed by atoms with E-state index < -0.39 is 12.0 Å². The molecule has 0 unspecified atom stereocenters. The Morgan fingerprint density at radius 3 is 2.69 bits per heavy atom. The standard InChI is InChI=1S/C28H45N7O4/c1-5-35(6-2)28(38)31-24(27(36)37)14-17-34(18-19-39-25-20-21(3)32-33(25)4)16-8-7-11-23-13-12-22-10-9-15-29-26(22)30-23/h12-13,20,24H,5-11,14-19H2,1-4H3,(H,29,30)(H,31,38)(H,36,37)/t24-/m0/s1. The van der Waals surface area contributed by atoms with E-state index in [4.69, 9.17) is 9.72 Å². The smallest absolute Gasteiger partial charge is 0.326 e. The monoisotopic (exact) mass is 543 g/mol. The number of nitrogens with one attached hydrogen (secondary N) is 2. The summed E-state index contributed by atoms with van der Waals surface area (Å²) >= 11 is 0. The number of urea groups is 1. The lowest BCUT2D eigenvalue weighted by atomic mass is 10.1. The van der Waals surface area contributed by atoms with Gasteiger partial charge in [0.15, 0.2) is 0 Å². The molecule has 0 bridgehead atoms. The highest BCUT2D eigenvalue weighted by Crippen LogP contribution is 2.20. The first-order valence-electron chi connectivity index (χ1n) is 14.2. The molecule has 2 aromatic rings. The summed E-state index contributed by atoms with van der Waals surface area (Å²) in [6, 6.07) is 4.91. The van der Waals surface area contributed by atoms with Gasteiger partial charge in [0.2, 0.25) is 5.88 Å². The minimum Gasteiger partial charge on any atom is -0.480 e. The number of carbonyl (C=O) groups excluding carboxylic acids is 1. The number of amides is 2. The first-order chi connectivity index (χ1) is 18.8. The molecule has 0 aromatic carbocycles. The number of aryl methyl sites for hydroxylation is 4. The topological polar surface area (TPSA) is 125 Å². The molecule has 0 aliphatic carbocycles. The maximum Gasteiger partial charge on any atom is 0.326 e. The number of pyridine rings is 1. The quantitative estimate of drug-likeness (QED) is 0.276. The maximum absolute atomic E-state index is 12.5. The van der Waals surface area contributed by atoms with Crippen molar-refractivity contribution in [2.75, 3.05) is 51.2 Å².